The van der Waals surface area contributed by atoms with E-state index >= 15 is 0 Å². The number of fused-ring (bicyclic) bond motifs is 1. The molecule has 3 rings (SSSR count). The topological polar surface area (TPSA) is 91.2 Å². The average molecular weight is 499 g/mol. The zero-order valence-corrected chi connectivity index (χ0v) is 17.1. The van der Waals surface area contributed by atoms with Crippen molar-refractivity contribution in [2.24, 2.45) is 0 Å². The lowest BCUT2D eigenvalue weighted by molar-refractivity contribution is -0.253. The fourth-order valence-corrected chi connectivity index (χ4v) is 3.71. The van der Waals surface area contributed by atoms with Crippen LogP contribution in [-0.4, -0.2) is 41.5 Å². The molecule has 2 heterocycles. The first-order valence-corrected chi connectivity index (χ1v) is 10.5. The molecule has 3 aromatic rings. The fourth-order valence-electron chi connectivity index (χ4n) is 2.69. The van der Waals surface area contributed by atoms with E-state index in [-0.39, 0.29) is 5.39 Å². The van der Waals surface area contributed by atoms with Gasteiger partial charge in [-0.2, -0.15) is 40.5 Å². The predicted molar refractivity (Wildman–Crippen MR) is 99.4 cm³/mol. The van der Waals surface area contributed by atoms with Crippen molar-refractivity contribution in [1.29, 1.82) is 0 Å². The van der Waals surface area contributed by atoms with Crippen LogP contribution in [0.4, 0.5) is 30.7 Å². The largest absolute Gasteiger partial charge is 0.461 e. The van der Waals surface area contributed by atoms with Crippen molar-refractivity contribution >= 4 is 20.6 Å². The summed E-state index contributed by atoms with van der Waals surface area (Å²) >= 11 is 0. The van der Waals surface area contributed by atoms with Gasteiger partial charge in [0.1, 0.15) is 10.6 Å². The molecule has 1 aromatic carbocycles. The predicted octanol–water partition coefficient (Wildman–Crippen LogP) is 3.83. The smallest absolute Gasteiger partial charge is 0.427 e. The van der Waals surface area contributed by atoms with Crippen LogP contribution in [0.15, 0.2) is 46.3 Å². The minimum Gasteiger partial charge on any atom is -0.427 e. The first-order valence-electron chi connectivity index (χ1n) is 8.85. The Morgan fingerprint density at radius 2 is 1.76 bits per heavy atom. The molecule has 0 aliphatic rings. The van der Waals surface area contributed by atoms with Crippen molar-refractivity contribution in [1.82, 2.24) is 14.8 Å². The number of rotatable bonds is 6. The van der Waals surface area contributed by atoms with E-state index in [0.717, 1.165) is 19.2 Å². The van der Waals surface area contributed by atoms with Crippen molar-refractivity contribution in [2.45, 2.75) is 30.5 Å². The van der Waals surface area contributed by atoms with E-state index in [1.54, 1.807) is 0 Å². The molecule has 33 heavy (non-hydrogen) atoms. The minimum atomic E-state index is -4.97. The van der Waals surface area contributed by atoms with E-state index in [0.29, 0.717) is 29.1 Å². The Bertz CT molecular complexity index is 1370. The Labute approximate surface area is 180 Å². The molecule has 0 aliphatic carbocycles. The van der Waals surface area contributed by atoms with Gasteiger partial charge < -0.3 is 4.74 Å². The second-order valence-electron chi connectivity index (χ2n) is 6.52. The third-order valence-corrected chi connectivity index (χ3v) is 6.08. The molecule has 7 nitrogen and oxygen atoms in total. The number of pyridine rings is 1. The highest BCUT2D eigenvalue weighted by atomic mass is 32.2. The van der Waals surface area contributed by atoms with Crippen LogP contribution in [0.5, 0.6) is 5.75 Å². The summed E-state index contributed by atoms with van der Waals surface area (Å²) in [6.07, 6.45) is -12.6. The molecule has 0 unspecified atom stereocenters. The number of aromatic nitrogens is 3. The number of hydrogen-bond donors (Lipinski definition) is 0. The van der Waals surface area contributed by atoms with Gasteiger partial charge in [0.15, 0.2) is 15.7 Å². The lowest BCUT2D eigenvalue weighted by Gasteiger charge is -2.18. The summed E-state index contributed by atoms with van der Waals surface area (Å²) in [6.45, 7) is 1.16. The van der Waals surface area contributed by atoms with E-state index in [1.807, 2.05) is 0 Å². The van der Waals surface area contributed by atoms with Crippen molar-refractivity contribution in [3.05, 3.63) is 52.6 Å². The SMILES string of the molecule is CCS(=O)(=O)c1cc(OC(F)(F)C(F)F)cnc1-n1ncc2ccc(C(F)(F)F)cc2c1=O. The van der Waals surface area contributed by atoms with Crippen LogP contribution in [0, 0.1) is 0 Å². The average Bonchev–Trinajstić information content (AvgIpc) is 2.73. The maximum absolute atomic E-state index is 13.2. The molecule has 2 aromatic heterocycles. The van der Waals surface area contributed by atoms with Gasteiger partial charge in [0, 0.05) is 11.5 Å². The molecule has 0 bridgehead atoms. The third kappa shape index (κ3) is 4.77. The van der Waals surface area contributed by atoms with Crippen molar-refractivity contribution < 1.29 is 43.9 Å². The van der Waals surface area contributed by atoms with Crippen LogP contribution in [0.25, 0.3) is 16.6 Å². The Morgan fingerprint density at radius 1 is 1.09 bits per heavy atom. The normalized spacial score (nSPS) is 13.0. The monoisotopic (exact) mass is 499 g/mol. The molecule has 0 radical (unpaired) electrons. The van der Waals surface area contributed by atoms with Crippen LogP contribution >= 0.6 is 0 Å². The van der Waals surface area contributed by atoms with Gasteiger partial charge in [0.25, 0.3) is 5.56 Å². The first kappa shape index (κ1) is 24.4. The van der Waals surface area contributed by atoms with Crippen LogP contribution in [-0.2, 0) is 16.0 Å². The summed E-state index contributed by atoms with van der Waals surface area (Å²) in [4.78, 5) is 15.5. The number of sulfone groups is 1. The number of halogens is 7. The molecular weight excluding hydrogens is 487 g/mol. The van der Waals surface area contributed by atoms with E-state index in [9.17, 15) is 43.9 Å². The molecule has 0 N–H and O–H groups in total. The highest BCUT2D eigenvalue weighted by molar-refractivity contribution is 7.91. The third-order valence-electron chi connectivity index (χ3n) is 4.35. The highest BCUT2D eigenvalue weighted by Gasteiger charge is 2.44. The summed E-state index contributed by atoms with van der Waals surface area (Å²) in [7, 11) is -4.33. The zero-order valence-electron chi connectivity index (χ0n) is 16.3. The molecule has 0 fully saturated rings. The molecule has 0 atom stereocenters. The summed E-state index contributed by atoms with van der Waals surface area (Å²) < 4.78 is 120. The van der Waals surface area contributed by atoms with Crippen molar-refractivity contribution in [3.63, 3.8) is 0 Å². The Morgan fingerprint density at radius 3 is 2.33 bits per heavy atom. The maximum Gasteiger partial charge on any atom is 0.461 e. The van der Waals surface area contributed by atoms with Gasteiger partial charge in [-0.25, -0.2) is 13.4 Å². The van der Waals surface area contributed by atoms with Crippen molar-refractivity contribution in [2.75, 3.05) is 5.75 Å². The Balaban J connectivity index is 2.25. The van der Waals surface area contributed by atoms with E-state index < -0.39 is 67.3 Å². The van der Waals surface area contributed by atoms with Gasteiger partial charge in [-0.3, -0.25) is 4.79 Å². The summed E-state index contributed by atoms with van der Waals surface area (Å²) in [5.41, 5.74) is -2.34. The molecule has 0 spiro atoms. The lowest BCUT2D eigenvalue weighted by atomic mass is 10.1. The van der Waals surface area contributed by atoms with Crippen LogP contribution in [0.3, 0.4) is 0 Å². The van der Waals surface area contributed by atoms with Crippen LogP contribution < -0.4 is 10.3 Å². The molecular formula is C18H12F7N3O4S. The van der Waals surface area contributed by atoms with Gasteiger partial charge in [0.05, 0.1) is 29.1 Å². The summed E-state index contributed by atoms with van der Waals surface area (Å²) in [5.74, 6) is -2.42. The summed E-state index contributed by atoms with van der Waals surface area (Å²) in [5, 5.41) is 3.22. The van der Waals surface area contributed by atoms with Gasteiger partial charge in [0.2, 0.25) is 0 Å². The number of hydrogen-bond acceptors (Lipinski definition) is 6. The van der Waals surface area contributed by atoms with E-state index in [4.69, 9.17) is 0 Å². The molecule has 0 saturated carbocycles. The maximum atomic E-state index is 13.2. The fraction of sp³-hybridized carbons (Fsp3) is 0.278. The number of alkyl halides is 7. The minimum absolute atomic E-state index is 0.000628. The number of nitrogens with zero attached hydrogens (tertiary/aromatic N) is 3. The van der Waals surface area contributed by atoms with Gasteiger partial charge >= 0.3 is 18.7 Å². The second kappa shape index (κ2) is 8.28. The van der Waals surface area contributed by atoms with Crippen molar-refractivity contribution in [3.8, 4) is 11.6 Å². The molecule has 0 aliphatic heterocycles. The lowest BCUT2D eigenvalue weighted by Crippen LogP contribution is -2.33. The molecule has 0 saturated heterocycles. The molecule has 0 amide bonds. The molecule has 178 valence electrons. The molecule has 15 heteroatoms. The Kier molecular flexibility index (Phi) is 6.12. The first-order chi connectivity index (χ1) is 15.2. The van der Waals surface area contributed by atoms with Gasteiger partial charge in [-0.15, -0.1) is 0 Å². The van der Waals surface area contributed by atoms with E-state index in [2.05, 4.69) is 14.8 Å². The summed E-state index contributed by atoms with van der Waals surface area (Å²) in [6, 6.07) is 2.68. The Hall–Kier alpha value is -3.23. The van der Waals surface area contributed by atoms with Crippen LogP contribution in [0.1, 0.15) is 12.5 Å². The standard InChI is InChI=1S/C18H12F7N3O4S/c1-2-33(30,31)13-6-11(32-18(24,25)16(19)20)8-26-14(13)28-15(29)12-5-10(17(21,22)23)4-3-9(12)7-27-28/h3-8,16H,2H2,1H3. The highest BCUT2D eigenvalue weighted by Crippen LogP contribution is 2.32. The quantitative estimate of drug-likeness (QED) is 0.479. The number of benzene rings is 1. The van der Waals surface area contributed by atoms with Gasteiger partial charge in [-0.1, -0.05) is 13.0 Å². The second-order valence-corrected chi connectivity index (χ2v) is 8.77. The van der Waals surface area contributed by atoms with Crippen LogP contribution in [0.2, 0.25) is 0 Å². The van der Waals surface area contributed by atoms with Gasteiger partial charge in [-0.05, 0) is 12.1 Å². The number of ether oxygens (including phenoxy) is 1. The zero-order chi connectivity index (χ0) is 24.8. The van der Waals surface area contributed by atoms with E-state index in [1.165, 1.54) is 0 Å².